The summed E-state index contributed by atoms with van der Waals surface area (Å²) in [5, 5.41) is 4.56. The SMILES string of the molecule is CCc1ccc(C(CNC(=O)CN(C)S(=O)(=O)c2cccs2)N(C)C)cc1. The lowest BCUT2D eigenvalue weighted by molar-refractivity contribution is -0.121. The molecule has 2 aromatic rings. The first kappa shape index (κ1) is 21.6. The van der Waals surface area contributed by atoms with Gasteiger partial charge in [0.15, 0.2) is 0 Å². The van der Waals surface area contributed by atoms with E-state index in [1.165, 1.54) is 18.7 Å². The zero-order valence-corrected chi connectivity index (χ0v) is 17.8. The molecule has 1 amide bonds. The Morgan fingerprint density at radius 3 is 2.33 bits per heavy atom. The van der Waals surface area contributed by atoms with Crippen LogP contribution < -0.4 is 5.32 Å². The van der Waals surface area contributed by atoms with Crippen molar-refractivity contribution in [1.29, 1.82) is 0 Å². The fourth-order valence-corrected chi connectivity index (χ4v) is 5.02. The Kier molecular flexibility index (Phi) is 7.55. The highest BCUT2D eigenvalue weighted by Gasteiger charge is 2.24. The summed E-state index contributed by atoms with van der Waals surface area (Å²) in [6, 6.07) is 11.6. The van der Waals surface area contributed by atoms with E-state index in [2.05, 4.69) is 36.5 Å². The number of carbonyl (C=O) groups is 1. The van der Waals surface area contributed by atoms with E-state index >= 15 is 0 Å². The third-order valence-electron chi connectivity index (χ3n) is 4.41. The van der Waals surface area contributed by atoms with Crippen LogP contribution in [0.5, 0.6) is 0 Å². The van der Waals surface area contributed by atoms with Gasteiger partial charge in [0.25, 0.3) is 10.0 Å². The molecule has 0 fully saturated rings. The normalized spacial score (nSPS) is 13.1. The van der Waals surface area contributed by atoms with Crippen molar-refractivity contribution in [2.45, 2.75) is 23.6 Å². The van der Waals surface area contributed by atoms with Crippen molar-refractivity contribution in [1.82, 2.24) is 14.5 Å². The molecule has 2 rings (SSSR count). The number of nitrogens with one attached hydrogen (secondary N) is 1. The van der Waals surface area contributed by atoms with Gasteiger partial charge in [0.2, 0.25) is 5.91 Å². The minimum Gasteiger partial charge on any atom is -0.353 e. The molecule has 0 saturated heterocycles. The number of sulfonamides is 1. The van der Waals surface area contributed by atoms with Crippen LogP contribution in [0.1, 0.15) is 24.1 Å². The lowest BCUT2D eigenvalue weighted by atomic mass is 10.0. The largest absolute Gasteiger partial charge is 0.353 e. The Labute approximate surface area is 165 Å². The van der Waals surface area contributed by atoms with Gasteiger partial charge in [0.1, 0.15) is 4.21 Å². The van der Waals surface area contributed by atoms with Crippen LogP contribution in [0.15, 0.2) is 46.0 Å². The highest BCUT2D eigenvalue weighted by molar-refractivity contribution is 7.91. The van der Waals surface area contributed by atoms with E-state index in [1.54, 1.807) is 11.4 Å². The summed E-state index contributed by atoms with van der Waals surface area (Å²) in [7, 11) is 1.71. The molecular formula is C19H27N3O3S2. The second-order valence-corrected chi connectivity index (χ2v) is 9.79. The Bertz CT molecular complexity index is 832. The molecule has 27 heavy (non-hydrogen) atoms. The van der Waals surface area contributed by atoms with Crippen LogP contribution >= 0.6 is 11.3 Å². The quantitative estimate of drug-likeness (QED) is 0.690. The smallest absolute Gasteiger partial charge is 0.252 e. The van der Waals surface area contributed by atoms with E-state index in [9.17, 15) is 13.2 Å². The second kappa shape index (κ2) is 9.45. The fraction of sp³-hybridized carbons (Fsp3) is 0.421. The van der Waals surface area contributed by atoms with Crippen molar-refractivity contribution in [3.63, 3.8) is 0 Å². The molecule has 1 atom stereocenters. The average molecular weight is 410 g/mol. The number of aryl methyl sites for hydroxylation is 1. The molecule has 0 bridgehead atoms. The van der Waals surface area contributed by atoms with Gasteiger partial charge in [0, 0.05) is 13.6 Å². The molecule has 1 heterocycles. The minimum absolute atomic E-state index is 0.0130. The van der Waals surface area contributed by atoms with E-state index in [1.807, 2.05) is 19.0 Å². The molecule has 0 aliphatic rings. The van der Waals surface area contributed by atoms with E-state index in [0.29, 0.717) is 6.54 Å². The minimum atomic E-state index is -3.62. The zero-order chi connectivity index (χ0) is 20.0. The molecule has 1 aromatic heterocycles. The summed E-state index contributed by atoms with van der Waals surface area (Å²) in [5.41, 5.74) is 2.37. The molecule has 0 saturated carbocycles. The fourth-order valence-electron chi connectivity index (χ4n) is 2.69. The van der Waals surface area contributed by atoms with Crippen LogP contribution in [-0.2, 0) is 21.2 Å². The number of hydrogen-bond acceptors (Lipinski definition) is 5. The second-order valence-electron chi connectivity index (χ2n) is 6.57. The van der Waals surface area contributed by atoms with Crippen LogP contribution in [-0.4, -0.2) is 57.8 Å². The van der Waals surface area contributed by atoms with E-state index < -0.39 is 10.0 Å². The summed E-state index contributed by atoms with van der Waals surface area (Å²) >= 11 is 1.14. The Hall–Kier alpha value is -1.74. The molecular weight excluding hydrogens is 382 g/mol. The molecule has 148 valence electrons. The first-order chi connectivity index (χ1) is 12.8. The lowest BCUT2D eigenvalue weighted by Crippen LogP contribution is -2.41. The molecule has 8 heteroatoms. The molecule has 1 aromatic carbocycles. The molecule has 0 aliphatic carbocycles. The lowest BCUT2D eigenvalue weighted by Gasteiger charge is -2.26. The number of amides is 1. The predicted octanol–water partition coefficient (Wildman–Crippen LogP) is 2.35. The summed E-state index contributed by atoms with van der Waals surface area (Å²) in [6.07, 6.45) is 0.981. The number of benzene rings is 1. The van der Waals surface area contributed by atoms with Crippen LogP contribution in [0.25, 0.3) is 0 Å². The molecule has 1 unspecified atom stereocenters. The van der Waals surface area contributed by atoms with Gasteiger partial charge >= 0.3 is 0 Å². The monoisotopic (exact) mass is 409 g/mol. The number of rotatable bonds is 9. The molecule has 0 radical (unpaired) electrons. The van der Waals surface area contributed by atoms with Crippen molar-refractivity contribution >= 4 is 27.3 Å². The Balaban J connectivity index is 1.97. The number of thiophene rings is 1. The Morgan fingerprint density at radius 1 is 1.15 bits per heavy atom. The van der Waals surface area contributed by atoms with Crippen LogP contribution in [0.3, 0.4) is 0 Å². The first-order valence-electron chi connectivity index (χ1n) is 8.77. The summed E-state index contributed by atoms with van der Waals surface area (Å²) in [6.45, 7) is 2.30. The average Bonchev–Trinajstić information content (AvgIpc) is 3.17. The van der Waals surface area contributed by atoms with Gasteiger partial charge in [-0.1, -0.05) is 37.3 Å². The maximum absolute atomic E-state index is 12.4. The van der Waals surface area contributed by atoms with Gasteiger partial charge in [-0.25, -0.2) is 8.42 Å². The van der Waals surface area contributed by atoms with Gasteiger partial charge in [-0.3, -0.25) is 4.79 Å². The van der Waals surface area contributed by atoms with E-state index in [-0.39, 0.29) is 22.7 Å². The van der Waals surface area contributed by atoms with Crippen molar-refractivity contribution in [2.24, 2.45) is 0 Å². The third kappa shape index (κ3) is 5.62. The van der Waals surface area contributed by atoms with Gasteiger partial charge in [-0.2, -0.15) is 4.31 Å². The van der Waals surface area contributed by atoms with Crippen LogP contribution in [0.4, 0.5) is 0 Å². The van der Waals surface area contributed by atoms with Gasteiger partial charge < -0.3 is 10.2 Å². The number of hydrogen-bond donors (Lipinski definition) is 1. The van der Waals surface area contributed by atoms with Crippen molar-refractivity contribution in [3.8, 4) is 0 Å². The maximum atomic E-state index is 12.4. The molecule has 0 spiro atoms. The van der Waals surface area contributed by atoms with Gasteiger partial charge in [-0.05, 0) is 43.1 Å². The Morgan fingerprint density at radius 2 is 1.81 bits per heavy atom. The molecule has 6 nitrogen and oxygen atoms in total. The maximum Gasteiger partial charge on any atom is 0.252 e. The van der Waals surface area contributed by atoms with Crippen molar-refractivity contribution in [2.75, 3.05) is 34.2 Å². The number of carbonyl (C=O) groups excluding carboxylic acids is 1. The van der Waals surface area contributed by atoms with Crippen LogP contribution in [0, 0.1) is 0 Å². The highest BCUT2D eigenvalue weighted by atomic mass is 32.2. The molecule has 0 aliphatic heterocycles. The van der Waals surface area contributed by atoms with Crippen molar-refractivity contribution in [3.05, 3.63) is 52.9 Å². The van der Waals surface area contributed by atoms with E-state index in [4.69, 9.17) is 0 Å². The highest BCUT2D eigenvalue weighted by Crippen LogP contribution is 2.20. The summed E-state index contributed by atoms with van der Waals surface area (Å²) in [4.78, 5) is 14.3. The number of likely N-dealkylation sites (N-methyl/N-ethyl adjacent to an activating group) is 2. The standard InChI is InChI=1S/C19H27N3O3S2/c1-5-15-8-10-16(11-9-15)17(21(2)3)13-20-18(23)14-22(4)27(24,25)19-7-6-12-26-19/h6-12,17H,5,13-14H2,1-4H3,(H,20,23). The van der Waals surface area contributed by atoms with Crippen molar-refractivity contribution < 1.29 is 13.2 Å². The summed E-state index contributed by atoms with van der Waals surface area (Å²) in [5.74, 6) is -0.324. The number of nitrogens with zero attached hydrogens (tertiary/aromatic N) is 2. The predicted molar refractivity (Wildman–Crippen MR) is 109 cm³/mol. The van der Waals surface area contributed by atoms with E-state index in [0.717, 1.165) is 27.6 Å². The first-order valence-corrected chi connectivity index (χ1v) is 11.1. The zero-order valence-electron chi connectivity index (χ0n) is 16.2. The summed E-state index contributed by atoms with van der Waals surface area (Å²) < 4.78 is 26.1. The molecule has 1 N–H and O–H groups in total. The van der Waals surface area contributed by atoms with Gasteiger partial charge in [0.05, 0.1) is 12.6 Å². The van der Waals surface area contributed by atoms with Gasteiger partial charge in [-0.15, -0.1) is 11.3 Å². The topological polar surface area (TPSA) is 69.7 Å². The van der Waals surface area contributed by atoms with Crippen LogP contribution in [0.2, 0.25) is 0 Å². The third-order valence-corrected chi connectivity index (χ3v) is 7.59.